The highest BCUT2D eigenvalue weighted by Crippen LogP contribution is 2.24. The van der Waals surface area contributed by atoms with Crippen LogP contribution in [-0.2, 0) is 4.74 Å². The van der Waals surface area contributed by atoms with E-state index in [0.29, 0.717) is 23.6 Å². The van der Waals surface area contributed by atoms with Gasteiger partial charge < -0.3 is 19.2 Å². The summed E-state index contributed by atoms with van der Waals surface area (Å²) in [5.41, 5.74) is 0.460. The first-order valence-corrected chi connectivity index (χ1v) is 12.3. The number of fused-ring (bicyclic) bond motifs is 1. The van der Waals surface area contributed by atoms with Crippen LogP contribution in [0.15, 0.2) is 57.7 Å². The summed E-state index contributed by atoms with van der Waals surface area (Å²) in [5.74, 6) is -0.561. The molecule has 35 heavy (non-hydrogen) atoms. The zero-order valence-corrected chi connectivity index (χ0v) is 20.4. The summed E-state index contributed by atoms with van der Waals surface area (Å²) in [6.07, 6.45) is 7.09. The topological polar surface area (TPSA) is 94.8 Å². The molecule has 1 aromatic heterocycles. The molecule has 2 aromatic carbocycles. The Morgan fingerprint density at radius 3 is 2.34 bits per heavy atom. The number of nitrogens with one attached hydrogen (secondary N) is 1. The predicted molar refractivity (Wildman–Crippen MR) is 136 cm³/mol. The number of unbranched alkanes of at least 4 members (excludes halogenated alkanes) is 5. The molecule has 3 aromatic rings. The van der Waals surface area contributed by atoms with Crippen LogP contribution in [0.3, 0.4) is 0 Å². The van der Waals surface area contributed by atoms with E-state index in [1.807, 2.05) is 0 Å². The van der Waals surface area contributed by atoms with E-state index in [9.17, 15) is 14.4 Å². The number of carbonyl (C=O) groups is 2. The average molecular weight is 480 g/mol. The number of ether oxygens (including phenoxy) is 2. The summed E-state index contributed by atoms with van der Waals surface area (Å²) in [6.45, 7) is 5.14. The fraction of sp³-hybridized carbons (Fsp3) is 0.393. The standard InChI is InChI=1S/C28H33NO6/c1-3-5-7-9-18-34-28(32)25-19-24(30)22-11-10-12-23(26(22)35-25)29-27(31)20-13-15-21(16-14-20)33-17-8-6-4-2/h10-16,19H,3-9,17-18H2,1-2H3,(H,29,31). The van der Waals surface area contributed by atoms with Gasteiger partial charge in [-0.15, -0.1) is 0 Å². The quantitative estimate of drug-likeness (QED) is 0.227. The first kappa shape index (κ1) is 26.0. The third kappa shape index (κ3) is 7.44. The summed E-state index contributed by atoms with van der Waals surface area (Å²) in [5, 5.41) is 3.04. The maximum Gasteiger partial charge on any atom is 0.374 e. The second-order valence-corrected chi connectivity index (χ2v) is 8.39. The van der Waals surface area contributed by atoms with Crippen molar-refractivity contribution in [2.75, 3.05) is 18.5 Å². The number of anilines is 1. The molecule has 0 radical (unpaired) electrons. The van der Waals surface area contributed by atoms with Crippen molar-refractivity contribution in [3.8, 4) is 5.75 Å². The molecule has 0 aliphatic rings. The molecule has 1 N–H and O–H groups in total. The van der Waals surface area contributed by atoms with Gasteiger partial charge in [0.1, 0.15) is 5.75 Å². The minimum Gasteiger partial charge on any atom is -0.494 e. The van der Waals surface area contributed by atoms with Crippen molar-refractivity contribution in [2.24, 2.45) is 0 Å². The summed E-state index contributed by atoms with van der Waals surface area (Å²) < 4.78 is 16.7. The number of rotatable bonds is 13. The smallest absolute Gasteiger partial charge is 0.374 e. The highest BCUT2D eigenvalue weighted by atomic mass is 16.5. The minimum atomic E-state index is -0.698. The Labute approximate surface area is 205 Å². The minimum absolute atomic E-state index is 0.127. The maximum atomic E-state index is 12.8. The molecule has 0 fully saturated rings. The van der Waals surface area contributed by atoms with Crippen LogP contribution in [0.2, 0.25) is 0 Å². The van der Waals surface area contributed by atoms with E-state index < -0.39 is 5.97 Å². The Bertz CT molecular complexity index is 1180. The molecule has 0 unspecified atom stereocenters. The Hall–Kier alpha value is -3.61. The van der Waals surface area contributed by atoms with Gasteiger partial charge in [0.25, 0.3) is 5.91 Å². The van der Waals surface area contributed by atoms with Gasteiger partial charge in [-0.25, -0.2) is 4.79 Å². The molecule has 0 spiro atoms. The van der Waals surface area contributed by atoms with Crippen LogP contribution in [0.25, 0.3) is 11.0 Å². The molecule has 0 bridgehead atoms. The number of para-hydroxylation sites is 1. The molecule has 1 heterocycles. The van der Waals surface area contributed by atoms with Crippen LogP contribution in [-0.4, -0.2) is 25.1 Å². The fourth-order valence-electron chi connectivity index (χ4n) is 3.58. The third-order valence-corrected chi connectivity index (χ3v) is 5.57. The molecule has 7 nitrogen and oxygen atoms in total. The Balaban J connectivity index is 1.72. The van der Waals surface area contributed by atoms with Gasteiger partial charge in [0, 0.05) is 11.6 Å². The van der Waals surface area contributed by atoms with Crippen LogP contribution < -0.4 is 15.5 Å². The van der Waals surface area contributed by atoms with Crippen molar-refractivity contribution in [1.29, 1.82) is 0 Å². The van der Waals surface area contributed by atoms with Crippen molar-refractivity contribution in [3.63, 3.8) is 0 Å². The van der Waals surface area contributed by atoms with E-state index >= 15 is 0 Å². The highest BCUT2D eigenvalue weighted by Gasteiger charge is 2.17. The average Bonchev–Trinajstić information content (AvgIpc) is 2.87. The Kier molecular flexibility index (Phi) is 9.90. The van der Waals surface area contributed by atoms with Crippen LogP contribution in [0.1, 0.15) is 79.7 Å². The molecule has 1 amide bonds. The molecule has 7 heteroatoms. The normalized spacial score (nSPS) is 10.8. The van der Waals surface area contributed by atoms with E-state index in [0.717, 1.165) is 51.0 Å². The highest BCUT2D eigenvalue weighted by molar-refractivity contribution is 6.08. The predicted octanol–water partition coefficient (Wildman–Crippen LogP) is 6.35. The van der Waals surface area contributed by atoms with E-state index in [-0.39, 0.29) is 34.7 Å². The lowest BCUT2D eigenvalue weighted by Gasteiger charge is -2.10. The maximum absolute atomic E-state index is 12.8. The number of esters is 1. The lowest BCUT2D eigenvalue weighted by Crippen LogP contribution is -2.14. The van der Waals surface area contributed by atoms with Crippen molar-refractivity contribution in [1.82, 2.24) is 0 Å². The SMILES string of the molecule is CCCCCCOC(=O)c1cc(=O)c2cccc(NC(=O)c3ccc(OCCCCC)cc3)c2o1. The van der Waals surface area contributed by atoms with E-state index in [1.54, 1.807) is 42.5 Å². The van der Waals surface area contributed by atoms with Crippen LogP contribution in [0.4, 0.5) is 5.69 Å². The first-order valence-electron chi connectivity index (χ1n) is 12.3. The molecule has 3 rings (SSSR count). The van der Waals surface area contributed by atoms with Gasteiger partial charge in [-0.1, -0.05) is 52.0 Å². The van der Waals surface area contributed by atoms with Crippen LogP contribution >= 0.6 is 0 Å². The summed E-state index contributed by atoms with van der Waals surface area (Å²) in [6, 6.07) is 12.8. The molecule has 0 saturated carbocycles. The van der Waals surface area contributed by atoms with E-state index in [4.69, 9.17) is 13.9 Å². The van der Waals surface area contributed by atoms with Gasteiger partial charge in [-0.05, 0) is 49.2 Å². The second-order valence-electron chi connectivity index (χ2n) is 8.39. The fourth-order valence-corrected chi connectivity index (χ4v) is 3.58. The van der Waals surface area contributed by atoms with Crippen molar-refractivity contribution in [3.05, 3.63) is 70.1 Å². The van der Waals surface area contributed by atoms with Gasteiger partial charge in [0.15, 0.2) is 11.0 Å². The number of hydrogen-bond donors (Lipinski definition) is 1. The largest absolute Gasteiger partial charge is 0.494 e. The summed E-state index contributed by atoms with van der Waals surface area (Å²) in [7, 11) is 0. The molecule has 0 aliphatic carbocycles. The number of hydrogen-bond acceptors (Lipinski definition) is 6. The van der Waals surface area contributed by atoms with Crippen LogP contribution in [0.5, 0.6) is 5.75 Å². The molecular formula is C28H33NO6. The number of benzene rings is 2. The Morgan fingerprint density at radius 1 is 0.886 bits per heavy atom. The number of amides is 1. The molecule has 0 atom stereocenters. The van der Waals surface area contributed by atoms with Gasteiger partial charge in [-0.3, -0.25) is 9.59 Å². The zero-order valence-electron chi connectivity index (χ0n) is 20.4. The van der Waals surface area contributed by atoms with Crippen molar-refractivity contribution in [2.45, 2.75) is 58.8 Å². The summed E-state index contributed by atoms with van der Waals surface area (Å²) in [4.78, 5) is 37.9. The zero-order chi connectivity index (χ0) is 25.0. The third-order valence-electron chi connectivity index (χ3n) is 5.57. The lowest BCUT2D eigenvalue weighted by molar-refractivity contribution is 0.0462. The second kappa shape index (κ2) is 13.3. The lowest BCUT2D eigenvalue weighted by atomic mass is 10.1. The van der Waals surface area contributed by atoms with Gasteiger partial charge >= 0.3 is 5.97 Å². The first-order chi connectivity index (χ1) is 17.0. The molecule has 0 saturated heterocycles. The Morgan fingerprint density at radius 2 is 1.60 bits per heavy atom. The molecule has 0 aliphatic heterocycles. The van der Waals surface area contributed by atoms with Crippen LogP contribution in [0, 0.1) is 0 Å². The van der Waals surface area contributed by atoms with Gasteiger partial charge in [-0.2, -0.15) is 0 Å². The van der Waals surface area contributed by atoms with E-state index in [1.165, 1.54) is 0 Å². The molecular weight excluding hydrogens is 446 g/mol. The van der Waals surface area contributed by atoms with Crippen molar-refractivity contribution < 1.29 is 23.5 Å². The van der Waals surface area contributed by atoms with Crippen molar-refractivity contribution >= 4 is 28.5 Å². The summed E-state index contributed by atoms with van der Waals surface area (Å²) >= 11 is 0. The monoisotopic (exact) mass is 479 g/mol. The van der Waals surface area contributed by atoms with Gasteiger partial charge in [0.05, 0.1) is 24.3 Å². The van der Waals surface area contributed by atoms with Gasteiger partial charge in [0.2, 0.25) is 5.76 Å². The molecule has 186 valence electrons. The van der Waals surface area contributed by atoms with E-state index in [2.05, 4.69) is 19.2 Å². The number of carbonyl (C=O) groups excluding carboxylic acids is 2.